The molecule has 8 heteroatoms. The van der Waals surface area contributed by atoms with Crippen LogP contribution in [0.3, 0.4) is 0 Å². The van der Waals surface area contributed by atoms with Gasteiger partial charge in [0.1, 0.15) is 5.52 Å². The molecule has 0 fully saturated rings. The topological polar surface area (TPSA) is 111 Å². The summed E-state index contributed by atoms with van der Waals surface area (Å²) in [7, 11) is 1.38. The average Bonchev–Trinajstić information content (AvgIpc) is 3.14. The van der Waals surface area contributed by atoms with Crippen LogP contribution in [0.4, 0.5) is 4.79 Å². The molecule has 1 atom stereocenters. The number of carbonyl (C=O) groups excluding carboxylic acids is 3. The Kier molecular flexibility index (Phi) is 6.01. The van der Waals surface area contributed by atoms with Gasteiger partial charge in [0, 0.05) is 19.0 Å². The van der Waals surface area contributed by atoms with Crippen LogP contribution in [0.1, 0.15) is 24.0 Å². The Bertz CT molecular complexity index is 951. The van der Waals surface area contributed by atoms with E-state index >= 15 is 0 Å². The van der Waals surface area contributed by atoms with Crippen LogP contribution in [0.15, 0.2) is 59.0 Å². The Balaban J connectivity index is 1.66. The molecule has 2 N–H and O–H groups in total. The number of hydrogen-bond donors (Lipinski definition) is 2. The molecule has 144 valence electrons. The fourth-order valence-corrected chi connectivity index (χ4v) is 2.57. The Hall–Kier alpha value is -3.68. The van der Waals surface area contributed by atoms with Crippen molar-refractivity contribution < 1.29 is 23.5 Å². The smallest absolute Gasteiger partial charge is 0.321 e. The molecule has 1 heterocycles. The van der Waals surface area contributed by atoms with Crippen molar-refractivity contribution in [3.8, 4) is 0 Å². The second kappa shape index (κ2) is 8.81. The number of aromatic nitrogens is 1. The van der Waals surface area contributed by atoms with Crippen molar-refractivity contribution in [3.05, 3.63) is 66.1 Å². The van der Waals surface area contributed by atoms with E-state index in [1.54, 1.807) is 36.4 Å². The van der Waals surface area contributed by atoms with Gasteiger partial charge >= 0.3 is 12.0 Å². The van der Waals surface area contributed by atoms with Crippen molar-refractivity contribution in [1.82, 2.24) is 15.6 Å². The second-order valence-electron chi connectivity index (χ2n) is 5.92. The Morgan fingerprint density at radius 1 is 1.07 bits per heavy atom. The number of fused-ring (bicyclic) bond motifs is 1. The second-order valence-corrected chi connectivity index (χ2v) is 5.92. The molecule has 0 spiro atoms. The van der Waals surface area contributed by atoms with Crippen molar-refractivity contribution >= 4 is 29.0 Å². The van der Waals surface area contributed by atoms with E-state index in [0.717, 1.165) is 0 Å². The molecule has 28 heavy (non-hydrogen) atoms. The molecule has 3 rings (SSSR count). The zero-order valence-corrected chi connectivity index (χ0v) is 15.2. The fraction of sp³-hybridized carbons (Fsp3) is 0.200. The number of nitrogens with one attached hydrogen (secondary N) is 2. The van der Waals surface area contributed by atoms with Crippen LogP contribution in [0, 0.1) is 0 Å². The highest BCUT2D eigenvalue weighted by atomic mass is 16.5. The number of imide groups is 1. The molecule has 0 bridgehead atoms. The first kappa shape index (κ1) is 19.1. The van der Waals surface area contributed by atoms with Crippen molar-refractivity contribution in [3.63, 3.8) is 0 Å². The third-order valence-electron chi connectivity index (χ3n) is 3.93. The quantitative estimate of drug-likeness (QED) is 0.635. The normalized spacial score (nSPS) is 11.6. The molecule has 0 aliphatic carbocycles. The summed E-state index contributed by atoms with van der Waals surface area (Å²) in [6, 6.07) is 15.1. The minimum atomic E-state index is -1.24. The highest BCUT2D eigenvalue weighted by molar-refractivity contribution is 5.97. The maximum absolute atomic E-state index is 12.4. The van der Waals surface area contributed by atoms with E-state index in [0.29, 0.717) is 22.6 Å². The van der Waals surface area contributed by atoms with E-state index < -0.39 is 24.0 Å². The van der Waals surface area contributed by atoms with Gasteiger partial charge in [0.15, 0.2) is 11.5 Å². The van der Waals surface area contributed by atoms with Gasteiger partial charge in [0.2, 0.25) is 6.10 Å². The van der Waals surface area contributed by atoms with Crippen molar-refractivity contribution in [2.24, 2.45) is 0 Å². The number of esters is 1. The first-order valence-electron chi connectivity index (χ1n) is 8.68. The van der Waals surface area contributed by atoms with E-state index in [2.05, 4.69) is 15.6 Å². The number of rotatable bonds is 6. The average molecular weight is 381 g/mol. The number of benzene rings is 2. The zero-order valence-electron chi connectivity index (χ0n) is 15.2. The SMILES string of the molecule is CNC(=O)NC(=O)[C@@H](OC(=O)CCc1nc2ccccc2o1)c1ccccc1. The van der Waals surface area contributed by atoms with E-state index in [9.17, 15) is 14.4 Å². The predicted molar refractivity (Wildman–Crippen MR) is 100 cm³/mol. The Morgan fingerprint density at radius 2 is 1.79 bits per heavy atom. The minimum Gasteiger partial charge on any atom is -0.447 e. The summed E-state index contributed by atoms with van der Waals surface area (Å²) in [6.45, 7) is 0. The molecule has 1 aromatic heterocycles. The maximum atomic E-state index is 12.4. The van der Waals surface area contributed by atoms with Gasteiger partial charge < -0.3 is 14.5 Å². The highest BCUT2D eigenvalue weighted by Gasteiger charge is 2.26. The van der Waals surface area contributed by atoms with Crippen LogP contribution >= 0.6 is 0 Å². The van der Waals surface area contributed by atoms with Gasteiger partial charge in [-0.1, -0.05) is 42.5 Å². The zero-order chi connectivity index (χ0) is 19.9. The standard InChI is InChI=1S/C20H19N3O5/c1-21-20(26)23-19(25)18(13-7-3-2-4-8-13)28-17(24)12-11-16-22-14-9-5-6-10-15(14)27-16/h2-10,18H,11-12H2,1H3,(H2,21,23,25,26)/t18-/m0/s1. The number of oxazole rings is 1. The summed E-state index contributed by atoms with van der Waals surface area (Å²) in [6.07, 6.45) is -1.04. The maximum Gasteiger partial charge on any atom is 0.321 e. The van der Waals surface area contributed by atoms with E-state index in [4.69, 9.17) is 9.15 Å². The fourth-order valence-electron chi connectivity index (χ4n) is 2.57. The molecule has 0 radical (unpaired) electrons. The summed E-state index contributed by atoms with van der Waals surface area (Å²) >= 11 is 0. The number of carbonyl (C=O) groups is 3. The van der Waals surface area contributed by atoms with Crippen LogP contribution < -0.4 is 10.6 Å². The summed E-state index contributed by atoms with van der Waals surface area (Å²) in [5.41, 5.74) is 1.80. The lowest BCUT2D eigenvalue weighted by Gasteiger charge is -2.17. The molecule has 0 aliphatic heterocycles. The van der Waals surface area contributed by atoms with Crippen molar-refractivity contribution in [1.29, 1.82) is 0 Å². The van der Waals surface area contributed by atoms with E-state index in [1.165, 1.54) is 7.05 Å². The molecule has 0 aliphatic rings. The largest absolute Gasteiger partial charge is 0.447 e. The molecular formula is C20H19N3O5. The van der Waals surface area contributed by atoms with Gasteiger partial charge in [-0.15, -0.1) is 0 Å². The minimum absolute atomic E-state index is 0.0244. The molecule has 3 aromatic rings. The Labute approximate surface area is 160 Å². The van der Waals surface area contributed by atoms with Crippen molar-refractivity contribution in [2.45, 2.75) is 18.9 Å². The van der Waals surface area contributed by atoms with E-state index in [1.807, 2.05) is 18.2 Å². The van der Waals surface area contributed by atoms with Crippen LogP contribution in [-0.2, 0) is 20.7 Å². The monoisotopic (exact) mass is 381 g/mol. The summed E-state index contributed by atoms with van der Waals surface area (Å²) in [5.74, 6) is -0.937. The Morgan fingerprint density at radius 3 is 2.50 bits per heavy atom. The van der Waals surface area contributed by atoms with Gasteiger partial charge in [0.25, 0.3) is 5.91 Å². The van der Waals surface area contributed by atoms with Crippen LogP contribution in [0.25, 0.3) is 11.1 Å². The molecule has 2 aromatic carbocycles. The lowest BCUT2D eigenvalue weighted by atomic mass is 10.1. The summed E-state index contributed by atoms with van der Waals surface area (Å²) in [4.78, 5) is 40.4. The van der Waals surface area contributed by atoms with Gasteiger partial charge in [-0.2, -0.15) is 0 Å². The molecule has 0 unspecified atom stereocenters. The van der Waals surface area contributed by atoms with Gasteiger partial charge in [0.05, 0.1) is 6.42 Å². The third kappa shape index (κ3) is 4.73. The van der Waals surface area contributed by atoms with Crippen LogP contribution in [0.2, 0.25) is 0 Å². The number of nitrogens with zero attached hydrogens (tertiary/aromatic N) is 1. The van der Waals surface area contributed by atoms with Gasteiger partial charge in [-0.25, -0.2) is 9.78 Å². The number of ether oxygens (including phenoxy) is 1. The molecule has 0 saturated heterocycles. The van der Waals surface area contributed by atoms with Crippen LogP contribution in [0.5, 0.6) is 0 Å². The molecule has 0 saturated carbocycles. The molecule has 3 amide bonds. The van der Waals surface area contributed by atoms with Gasteiger partial charge in [-0.3, -0.25) is 14.9 Å². The van der Waals surface area contributed by atoms with Crippen LogP contribution in [-0.4, -0.2) is 29.9 Å². The molecule has 8 nitrogen and oxygen atoms in total. The first-order chi connectivity index (χ1) is 13.6. The van der Waals surface area contributed by atoms with Crippen molar-refractivity contribution in [2.75, 3.05) is 7.05 Å². The lowest BCUT2D eigenvalue weighted by Crippen LogP contribution is -2.41. The number of urea groups is 1. The highest BCUT2D eigenvalue weighted by Crippen LogP contribution is 2.20. The third-order valence-corrected chi connectivity index (χ3v) is 3.93. The lowest BCUT2D eigenvalue weighted by molar-refractivity contribution is -0.156. The number of aryl methyl sites for hydroxylation is 1. The van der Waals surface area contributed by atoms with E-state index in [-0.39, 0.29) is 12.8 Å². The number of amides is 3. The molecular weight excluding hydrogens is 362 g/mol. The number of hydrogen-bond acceptors (Lipinski definition) is 6. The van der Waals surface area contributed by atoms with Gasteiger partial charge in [-0.05, 0) is 12.1 Å². The predicted octanol–water partition coefficient (Wildman–Crippen LogP) is 2.50. The number of para-hydroxylation sites is 2. The summed E-state index contributed by atoms with van der Waals surface area (Å²) < 4.78 is 10.9. The first-order valence-corrected chi connectivity index (χ1v) is 8.68. The summed E-state index contributed by atoms with van der Waals surface area (Å²) in [5, 5.41) is 4.41.